The highest BCUT2D eigenvalue weighted by atomic mass is 79.9. The van der Waals surface area contributed by atoms with Crippen LogP contribution in [0.5, 0.6) is 0 Å². The minimum atomic E-state index is 0.0198. The summed E-state index contributed by atoms with van der Waals surface area (Å²) in [6.45, 7) is 2.50. The van der Waals surface area contributed by atoms with Crippen molar-refractivity contribution in [3.05, 3.63) is 75.2 Å². The SMILES string of the molecule is Cc1nc(-c2ccccc2)sc1CNC(=O)Cc1ccc(Br)cc1. The van der Waals surface area contributed by atoms with Crippen molar-refractivity contribution in [1.82, 2.24) is 10.3 Å². The highest BCUT2D eigenvalue weighted by Gasteiger charge is 2.10. The quantitative estimate of drug-likeness (QED) is 0.671. The van der Waals surface area contributed by atoms with Crippen molar-refractivity contribution in [3.8, 4) is 10.6 Å². The summed E-state index contributed by atoms with van der Waals surface area (Å²) in [6, 6.07) is 17.9. The number of halogens is 1. The molecule has 0 saturated carbocycles. The first kappa shape index (κ1) is 16.9. The van der Waals surface area contributed by atoms with Crippen LogP contribution < -0.4 is 5.32 Å². The molecular weight excluding hydrogens is 384 g/mol. The second kappa shape index (κ2) is 7.73. The van der Waals surface area contributed by atoms with Crippen LogP contribution in [-0.2, 0) is 17.8 Å². The zero-order valence-corrected chi connectivity index (χ0v) is 15.7. The predicted molar refractivity (Wildman–Crippen MR) is 102 cm³/mol. The minimum absolute atomic E-state index is 0.0198. The average molecular weight is 401 g/mol. The third-order valence-electron chi connectivity index (χ3n) is 3.64. The Balaban J connectivity index is 1.61. The Morgan fingerprint density at radius 3 is 2.54 bits per heavy atom. The van der Waals surface area contributed by atoms with Gasteiger partial charge in [0, 0.05) is 14.9 Å². The van der Waals surface area contributed by atoms with E-state index in [-0.39, 0.29) is 5.91 Å². The molecule has 5 heteroatoms. The van der Waals surface area contributed by atoms with Gasteiger partial charge < -0.3 is 5.32 Å². The van der Waals surface area contributed by atoms with E-state index in [0.29, 0.717) is 13.0 Å². The first-order chi connectivity index (χ1) is 11.6. The van der Waals surface area contributed by atoms with Crippen LogP contribution in [-0.4, -0.2) is 10.9 Å². The number of hydrogen-bond acceptors (Lipinski definition) is 3. The van der Waals surface area contributed by atoms with Crippen LogP contribution in [0.25, 0.3) is 10.6 Å². The van der Waals surface area contributed by atoms with Gasteiger partial charge in [-0.15, -0.1) is 11.3 Å². The Hall–Kier alpha value is -1.98. The normalized spacial score (nSPS) is 10.6. The van der Waals surface area contributed by atoms with E-state index in [0.717, 1.165) is 31.2 Å². The van der Waals surface area contributed by atoms with Crippen molar-refractivity contribution < 1.29 is 4.79 Å². The van der Waals surface area contributed by atoms with Crippen LogP contribution in [0.1, 0.15) is 16.1 Å². The number of benzene rings is 2. The molecule has 0 radical (unpaired) electrons. The second-order valence-corrected chi connectivity index (χ2v) is 7.47. The molecule has 0 fully saturated rings. The molecule has 24 heavy (non-hydrogen) atoms. The lowest BCUT2D eigenvalue weighted by Gasteiger charge is -2.04. The maximum absolute atomic E-state index is 12.1. The number of nitrogens with zero attached hydrogens (tertiary/aromatic N) is 1. The van der Waals surface area contributed by atoms with Gasteiger partial charge in [-0.25, -0.2) is 4.98 Å². The number of carbonyl (C=O) groups excluding carboxylic acids is 1. The number of aromatic nitrogens is 1. The molecule has 0 atom stereocenters. The molecule has 1 aromatic heterocycles. The highest BCUT2D eigenvalue weighted by molar-refractivity contribution is 9.10. The summed E-state index contributed by atoms with van der Waals surface area (Å²) in [6.07, 6.45) is 0.386. The zero-order valence-electron chi connectivity index (χ0n) is 13.3. The molecule has 0 spiro atoms. The number of aryl methyl sites for hydroxylation is 1. The zero-order chi connectivity index (χ0) is 16.9. The van der Waals surface area contributed by atoms with E-state index in [1.54, 1.807) is 11.3 Å². The molecule has 0 bridgehead atoms. The summed E-state index contributed by atoms with van der Waals surface area (Å²) < 4.78 is 1.01. The molecule has 0 unspecified atom stereocenters. The Labute approximate surface area is 153 Å². The van der Waals surface area contributed by atoms with Crippen molar-refractivity contribution >= 4 is 33.2 Å². The lowest BCUT2D eigenvalue weighted by molar-refractivity contribution is -0.120. The lowest BCUT2D eigenvalue weighted by Crippen LogP contribution is -2.24. The number of amides is 1. The smallest absolute Gasteiger partial charge is 0.224 e. The van der Waals surface area contributed by atoms with Crippen molar-refractivity contribution in [3.63, 3.8) is 0 Å². The maximum Gasteiger partial charge on any atom is 0.224 e. The maximum atomic E-state index is 12.1. The number of thiazole rings is 1. The summed E-state index contributed by atoms with van der Waals surface area (Å²) in [7, 11) is 0. The summed E-state index contributed by atoms with van der Waals surface area (Å²) in [4.78, 5) is 17.8. The van der Waals surface area contributed by atoms with Gasteiger partial charge in [0.25, 0.3) is 0 Å². The molecule has 0 saturated heterocycles. The van der Waals surface area contributed by atoms with E-state index >= 15 is 0 Å². The van der Waals surface area contributed by atoms with E-state index in [1.807, 2.05) is 61.5 Å². The molecule has 0 aliphatic heterocycles. The van der Waals surface area contributed by atoms with Crippen LogP contribution in [0.2, 0.25) is 0 Å². The summed E-state index contributed by atoms with van der Waals surface area (Å²) in [5.74, 6) is 0.0198. The van der Waals surface area contributed by atoms with Crippen molar-refractivity contribution in [1.29, 1.82) is 0 Å². The van der Waals surface area contributed by atoms with Gasteiger partial charge >= 0.3 is 0 Å². The molecule has 1 amide bonds. The molecule has 2 aromatic carbocycles. The fraction of sp³-hybridized carbons (Fsp3) is 0.158. The third-order valence-corrected chi connectivity index (χ3v) is 5.37. The van der Waals surface area contributed by atoms with E-state index < -0.39 is 0 Å². The van der Waals surface area contributed by atoms with E-state index in [9.17, 15) is 4.79 Å². The number of hydrogen-bond donors (Lipinski definition) is 1. The van der Waals surface area contributed by atoms with Crippen LogP contribution >= 0.6 is 27.3 Å². The predicted octanol–water partition coefficient (Wildman–Crippen LogP) is 4.74. The van der Waals surface area contributed by atoms with Gasteiger partial charge in [0.2, 0.25) is 5.91 Å². The molecule has 3 nitrogen and oxygen atoms in total. The number of nitrogens with one attached hydrogen (secondary N) is 1. The summed E-state index contributed by atoms with van der Waals surface area (Å²) in [5.41, 5.74) is 3.09. The molecule has 3 aromatic rings. The Kier molecular flexibility index (Phi) is 5.43. The van der Waals surface area contributed by atoms with Gasteiger partial charge in [-0.1, -0.05) is 58.4 Å². The summed E-state index contributed by atoms with van der Waals surface area (Å²) >= 11 is 5.03. The van der Waals surface area contributed by atoms with E-state index in [4.69, 9.17) is 0 Å². The Morgan fingerprint density at radius 1 is 1.12 bits per heavy atom. The van der Waals surface area contributed by atoms with Crippen molar-refractivity contribution in [2.45, 2.75) is 19.9 Å². The van der Waals surface area contributed by atoms with Gasteiger partial charge in [0.1, 0.15) is 5.01 Å². The van der Waals surface area contributed by atoms with E-state index in [2.05, 4.69) is 26.2 Å². The molecule has 0 aliphatic carbocycles. The van der Waals surface area contributed by atoms with Crippen LogP contribution in [0, 0.1) is 6.92 Å². The molecule has 0 aliphatic rings. The number of carbonyl (C=O) groups is 1. The Morgan fingerprint density at radius 2 is 1.83 bits per heavy atom. The molecule has 1 heterocycles. The topological polar surface area (TPSA) is 42.0 Å². The second-order valence-electron chi connectivity index (χ2n) is 5.47. The van der Waals surface area contributed by atoms with Crippen LogP contribution in [0.15, 0.2) is 59.1 Å². The van der Waals surface area contributed by atoms with Gasteiger partial charge in [0.15, 0.2) is 0 Å². The van der Waals surface area contributed by atoms with Crippen molar-refractivity contribution in [2.75, 3.05) is 0 Å². The largest absolute Gasteiger partial charge is 0.351 e. The average Bonchev–Trinajstić information content (AvgIpc) is 2.97. The van der Waals surface area contributed by atoms with Crippen LogP contribution in [0.3, 0.4) is 0 Å². The number of rotatable bonds is 5. The first-order valence-corrected chi connectivity index (χ1v) is 9.25. The monoisotopic (exact) mass is 400 g/mol. The van der Waals surface area contributed by atoms with Crippen LogP contribution in [0.4, 0.5) is 0 Å². The van der Waals surface area contributed by atoms with Gasteiger partial charge in [0.05, 0.1) is 18.7 Å². The third kappa shape index (κ3) is 4.30. The fourth-order valence-electron chi connectivity index (χ4n) is 2.33. The van der Waals surface area contributed by atoms with E-state index in [1.165, 1.54) is 0 Å². The first-order valence-electron chi connectivity index (χ1n) is 7.64. The van der Waals surface area contributed by atoms with Crippen molar-refractivity contribution in [2.24, 2.45) is 0 Å². The lowest BCUT2D eigenvalue weighted by atomic mass is 10.1. The standard InChI is InChI=1S/C19H17BrN2OS/c1-13-17(24-19(22-13)15-5-3-2-4-6-15)12-21-18(23)11-14-7-9-16(20)10-8-14/h2-10H,11-12H2,1H3,(H,21,23). The van der Waals surface area contributed by atoms with Gasteiger partial charge in [-0.05, 0) is 24.6 Å². The van der Waals surface area contributed by atoms with Gasteiger partial charge in [-0.2, -0.15) is 0 Å². The molecular formula is C19H17BrN2OS. The Bertz CT molecular complexity index is 828. The molecule has 122 valence electrons. The fourth-order valence-corrected chi connectivity index (χ4v) is 3.60. The minimum Gasteiger partial charge on any atom is -0.351 e. The molecule has 3 rings (SSSR count). The van der Waals surface area contributed by atoms with Gasteiger partial charge in [-0.3, -0.25) is 4.79 Å². The summed E-state index contributed by atoms with van der Waals surface area (Å²) in [5, 5.41) is 3.98. The molecule has 1 N–H and O–H groups in total. The highest BCUT2D eigenvalue weighted by Crippen LogP contribution is 2.27.